The van der Waals surface area contributed by atoms with E-state index in [4.69, 9.17) is 9.47 Å². The van der Waals surface area contributed by atoms with Crippen LogP contribution in [0.5, 0.6) is 0 Å². The molecule has 118 valence electrons. The van der Waals surface area contributed by atoms with Gasteiger partial charge in [0.2, 0.25) is 0 Å². The number of esters is 1. The zero-order valence-electron chi connectivity index (χ0n) is 13.1. The van der Waals surface area contributed by atoms with Gasteiger partial charge in [0.1, 0.15) is 12.3 Å². The van der Waals surface area contributed by atoms with Crippen LogP contribution in [-0.2, 0) is 14.3 Å². The Morgan fingerprint density at radius 1 is 1.14 bits per heavy atom. The summed E-state index contributed by atoms with van der Waals surface area (Å²) in [6.45, 7) is 5.47. The number of rotatable bonds is 6. The first-order chi connectivity index (χ1) is 10.5. The van der Waals surface area contributed by atoms with Crippen molar-refractivity contribution in [2.45, 2.75) is 20.8 Å². The van der Waals surface area contributed by atoms with Crippen molar-refractivity contribution in [3.05, 3.63) is 53.2 Å². The van der Waals surface area contributed by atoms with Gasteiger partial charge in [0.05, 0.1) is 6.61 Å². The van der Waals surface area contributed by atoms with Crippen molar-refractivity contribution in [1.82, 2.24) is 5.32 Å². The first kappa shape index (κ1) is 17.5. The smallest absolute Gasteiger partial charge is 0.412 e. The van der Waals surface area contributed by atoms with Gasteiger partial charge in [0, 0.05) is 0 Å². The molecule has 0 saturated heterocycles. The highest BCUT2D eigenvalue weighted by Gasteiger charge is 2.15. The Kier molecular flexibility index (Phi) is 7.47. The third-order valence-corrected chi connectivity index (χ3v) is 2.63. The van der Waals surface area contributed by atoms with Crippen LogP contribution >= 0.6 is 0 Å². The lowest BCUT2D eigenvalue weighted by molar-refractivity contribution is -0.139. The summed E-state index contributed by atoms with van der Waals surface area (Å²) >= 11 is 0. The Balaban J connectivity index is 2.47. The molecule has 1 aromatic rings. The Hall–Kier alpha value is -2.56. The minimum Gasteiger partial charge on any atom is -0.461 e. The third-order valence-electron chi connectivity index (χ3n) is 2.63. The summed E-state index contributed by atoms with van der Waals surface area (Å²) in [4.78, 5) is 23.3. The van der Waals surface area contributed by atoms with E-state index in [1.165, 1.54) is 0 Å². The molecule has 0 bridgehead atoms. The normalized spacial score (nSPS) is 10.1. The maximum atomic E-state index is 11.7. The second-order valence-electron chi connectivity index (χ2n) is 4.63. The van der Waals surface area contributed by atoms with Crippen molar-refractivity contribution in [3.8, 4) is 0 Å². The van der Waals surface area contributed by atoms with E-state index in [0.717, 1.165) is 5.56 Å². The highest BCUT2D eigenvalue weighted by molar-refractivity contribution is 5.92. The monoisotopic (exact) mass is 303 g/mol. The SMILES string of the molecule is CCOC(=O)C(NC(=O)OC/C=C/c1ccccc1)=C(C)C. The van der Waals surface area contributed by atoms with Gasteiger partial charge in [-0.2, -0.15) is 0 Å². The van der Waals surface area contributed by atoms with Crippen molar-refractivity contribution >= 4 is 18.1 Å². The Morgan fingerprint density at radius 2 is 1.82 bits per heavy atom. The average Bonchev–Trinajstić information content (AvgIpc) is 2.50. The van der Waals surface area contributed by atoms with Crippen molar-refractivity contribution in [1.29, 1.82) is 0 Å². The second kappa shape index (κ2) is 9.39. The van der Waals surface area contributed by atoms with Gasteiger partial charge < -0.3 is 9.47 Å². The highest BCUT2D eigenvalue weighted by Crippen LogP contribution is 2.04. The maximum Gasteiger partial charge on any atom is 0.412 e. The van der Waals surface area contributed by atoms with Crippen LogP contribution in [-0.4, -0.2) is 25.3 Å². The minimum absolute atomic E-state index is 0.110. The Labute approximate surface area is 130 Å². The van der Waals surface area contributed by atoms with Gasteiger partial charge in [0.25, 0.3) is 0 Å². The zero-order chi connectivity index (χ0) is 16.4. The van der Waals surface area contributed by atoms with E-state index < -0.39 is 12.1 Å². The van der Waals surface area contributed by atoms with E-state index >= 15 is 0 Å². The maximum absolute atomic E-state index is 11.7. The summed E-state index contributed by atoms with van der Waals surface area (Å²) in [6.07, 6.45) is 2.88. The molecule has 0 radical (unpaired) electrons. The molecule has 22 heavy (non-hydrogen) atoms. The summed E-state index contributed by atoms with van der Waals surface area (Å²) in [5.74, 6) is -0.570. The number of carbonyl (C=O) groups is 2. The topological polar surface area (TPSA) is 64.6 Å². The van der Waals surface area contributed by atoms with Gasteiger partial charge in [-0.15, -0.1) is 0 Å². The predicted octanol–water partition coefficient (Wildman–Crippen LogP) is 3.28. The fraction of sp³-hybridized carbons (Fsp3) is 0.294. The summed E-state index contributed by atoms with van der Waals surface area (Å²) in [5.41, 5.74) is 1.78. The number of allylic oxidation sites excluding steroid dienone is 1. The summed E-state index contributed by atoms with van der Waals surface area (Å²) in [7, 11) is 0. The first-order valence-electron chi connectivity index (χ1n) is 7.04. The number of alkyl carbamates (subject to hydrolysis) is 1. The molecular formula is C17H21NO4. The van der Waals surface area contributed by atoms with E-state index in [1.54, 1.807) is 26.8 Å². The minimum atomic E-state index is -0.693. The molecule has 0 aliphatic carbocycles. The van der Waals surface area contributed by atoms with E-state index in [0.29, 0.717) is 5.57 Å². The van der Waals surface area contributed by atoms with Crippen LogP contribution in [0, 0.1) is 0 Å². The van der Waals surface area contributed by atoms with Crippen LogP contribution in [0.4, 0.5) is 4.79 Å². The lowest BCUT2D eigenvalue weighted by Crippen LogP contribution is -2.30. The van der Waals surface area contributed by atoms with Crippen LogP contribution in [0.15, 0.2) is 47.7 Å². The van der Waals surface area contributed by atoms with Crippen molar-refractivity contribution in [2.24, 2.45) is 0 Å². The van der Waals surface area contributed by atoms with Gasteiger partial charge >= 0.3 is 12.1 Å². The number of hydrogen-bond donors (Lipinski definition) is 1. The van der Waals surface area contributed by atoms with Crippen LogP contribution in [0.25, 0.3) is 6.08 Å². The average molecular weight is 303 g/mol. The van der Waals surface area contributed by atoms with E-state index in [1.807, 2.05) is 36.4 Å². The standard InChI is InChI=1S/C17H21NO4/c1-4-21-16(19)15(13(2)3)18-17(20)22-12-8-11-14-9-6-5-7-10-14/h5-11H,4,12H2,1-3H3,(H,18,20)/b11-8+. The molecule has 0 atom stereocenters. The van der Waals surface area contributed by atoms with Gasteiger partial charge in [-0.25, -0.2) is 9.59 Å². The van der Waals surface area contributed by atoms with Crippen LogP contribution in [0.1, 0.15) is 26.3 Å². The lowest BCUT2D eigenvalue weighted by Gasteiger charge is -2.10. The number of ether oxygens (including phenoxy) is 2. The lowest BCUT2D eigenvalue weighted by atomic mass is 10.2. The summed E-state index contributed by atoms with van der Waals surface area (Å²) < 4.78 is 9.86. The number of carbonyl (C=O) groups excluding carboxylic acids is 2. The van der Waals surface area contributed by atoms with Crippen LogP contribution in [0.2, 0.25) is 0 Å². The Bertz CT molecular complexity index is 557. The molecule has 1 amide bonds. The molecule has 0 aromatic heterocycles. The zero-order valence-corrected chi connectivity index (χ0v) is 13.1. The molecule has 5 nitrogen and oxygen atoms in total. The van der Waals surface area contributed by atoms with E-state index in [2.05, 4.69) is 5.32 Å². The quantitative estimate of drug-likeness (QED) is 0.647. The third kappa shape index (κ3) is 6.26. The molecule has 5 heteroatoms. The van der Waals surface area contributed by atoms with Crippen molar-refractivity contribution < 1.29 is 19.1 Å². The van der Waals surface area contributed by atoms with Crippen LogP contribution < -0.4 is 5.32 Å². The first-order valence-corrected chi connectivity index (χ1v) is 7.04. The molecule has 0 aliphatic rings. The number of nitrogens with one attached hydrogen (secondary N) is 1. The summed E-state index contributed by atoms with van der Waals surface area (Å²) in [5, 5.41) is 2.41. The fourth-order valence-corrected chi connectivity index (χ4v) is 1.59. The predicted molar refractivity (Wildman–Crippen MR) is 85.0 cm³/mol. The summed E-state index contributed by atoms with van der Waals surface area (Å²) in [6, 6.07) is 9.66. The molecule has 1 aromatic carbocycles. The molecule has 0 spiro atoms. The highest BCUT2D eigenvalue weighted by atomic mass is 16.6. The number of benzene rings is 1. The Morgan fingerprint density at radius 3 is 2.41 bits per heavy atom. The fourth-order valence-electron chi connectivity index (χ4n) is 1.59. The molecule has 0 heterocycles. The van der Waals surface area contributed by atoms with Gasteiger partial charge in [-0.1, -0.05) is 36.4 Å². The largest absolute Gasteiger partial charge is 0.461 e. The number of amides is 1. The molecule has 1 N–H and O–H groups in total. The van der Waals surface area contributed by atoms with Crippen molar-refractivity contribution in [3.63, 3.8) is 0 Å². The molecule has 0 aliphatic heterocycles. The second-order valence-corrected chi connectivity index (χ2v) is 4.63. The molecule has 0 fully saturated rings. The number of hydrogen-bond acceptors (Lipinski definition) is 4. The van der Waals surface area contributed by atoms with Gasteiger partial charge in [-0.3, -0.25) is 5.32 Å². The van der Waals surface area contributed by atoms with Gasteiger partial charge in [-0.05, 0) is 38.0 Å². The molecule has 0 unspecified atom stereocenters. The molecule has 0 saturated carbocycles. The molecule has 1 rings (SSSR count). The molecular weight excluding hydrogens is 282 g/mol. The van der Waals surface area contributed by atoms with Crippen LogP contribution in [0.3, 0.4) is 0 Å². The van der Waals surface area contributed by atoms with Crippen molar-refractivity contribution in [2.75, 3.05) is 13.2 Å². The van der Waals surface area contributed by atoms with E-state index in [9.17, 15) is 9.59 Å². The van der Waals surface area contributed by atoms with E-state index in [-0.39, 0.29) is 18.9 Å². The van der Waals surface area contributed by atoms with Gasteiger partial charge in [0.15, 0.2) is 0 Å².